The molecule has 0 aliphatic heterocycles. The fourth-order valence-corrected chi connectivity index (χ4v) is 3.13. The van der Waals surface area contributed by atoms with Gasteiger partial charge in [0.15, 0.2) is 5.65 Å². The molecule has 6 nitrogen and oxygen atoms in total. The fourth-order valence-electron chi connectivity index (χ4n) is 3.13. The SMILES string of the molecule is C[C@@H](N)COc1ccc(-c2cn3nc(N[C@H](C)c4cccc(F)c4)ccc3n2)cc1. The Labute approximate surface area is 174 Å². The summed E-state index contributed by atoms with van der Waals surface area (Å²) in [4.78, 5) is 4.64. The number of hydrogen-bond acceptors (Lipinski definition) is 5. The van der Waals surface area contributed by atoms with Gasteiger partial charge >= 0.3 is 0 Å². The van der Waals surface area contributed by atoms with Gasteiger partial charge in [0.05, 0.1) is 17.9 Å². The number of nitrogens with two attached hydrogens (primary N) is 1. The van der Waals surface area contributed by atoms with Crippen LogP contribution in [-0.2, 0) is 0 Å². The molecule has 0 fully saturated rings. The van der Waals surface area contributed by atoms with E-state index < -0.39 is 0 Å². The number of hydrogen-bond donors (Lipinski definition) is 2. The lowest BCUT2D eigenvalue weighted by molar-refractivity contribution is 0.296. The molecule has 0 aliphatic carbocycles. The average Bonchev–Trinajstić information content (AvgIpc) is 3.16. The van der Waals surface area contributed by atoms with Crippen LogP contribution in [-0.4, -0.2) is 27.2 Å². The van der Waals surface area contributed by atoms with Crippen LogP contribution in [0.5, 0.6) is 5.75 Å². The lowest BCUT2D eigenvalue weighted by atomic mass is 10.1. The van der Waals surface area contributed by atoms with Crippen LogP contribution in [0.15, 0.2) is 66.9 Å². The summed E-state index contributed by atoms with van der Waals surface area (Å²) < 4.78 is 20.8. The van der Waals surface area contributed by atoms with Gasteiger partial charge in [-0.3, -0.25) is 0 Å². The van der Waals surface area contributed by atoms with Gasteiger partial charge in [-0.1, -0.05) is 12.1 Å². The van der Waals surface area contributed by atoms with E-state index >= 15 is 0 Å². The Morgan fingerprint density at radius 1 is 1.10 bits per heavy atom. The summed E-state index contributed by atoms with van der Waals surface area (Å²) in [6.07, 6.45) is 1.88. The molecule has 2 aromatic carbocycles. The summed E-state index contributed by atoms with van der Waals surface area (Å²) in [7, 11) is 0. The zero-order valence-electron chi connectivity index (χ0n) is 16.9. The molecule has 0 radical (unpaired) electrons. The Balaban J connectivity index is 1.51. The number of benzene rings is 2. The van der Waals surface area contributed by atoms with Crippen molar-refractivity contribution in [2.24, 2.45) is 5.73 Å². The number of anilines is 1. The summed E-state index contributed by atoms with van der Waals surface area (Å²) in [6.45, 7) is 4.34. The van der Waals surface area contributed by atoms with Gasteiger partial charge < -0.3 is 15.8 Å². The highest BCUT2D eigenvalue weighted by atomic mass is 19.1. The average molecular weight is 405 g/mol. The van der Waals surface area contributed by atoms with Crippen LogP contribution in [0.3, 0.4) is 0 Å². The number of nitrogens with one attached hydrogen (secondary N) is 1. The number of imidazole rings is 1. The van der Waals surface area contributed by atoms with Crippen molar-refractivity contribution >= 4 is 11.5 Å². The van der Waals surface area contributed by atoms with Gasteiger partial charge in [0.2, 0.25) is 0 Å². The number of aromatic nitrogens is 3. The van der Waals surface area contributed by atoms with Crippen molar-refractivity contribution in [3.05, 3.63) is 78.2 Å². The van der Waals surface area contributed by atoms with Gasteiger partial charge in [0.1, 0.15) is 24.0 Å². The number of fused-ring (bicyclic) bond motifs is 1. The van der Waals surface area contributed by atoms with Crippen LogP contribution in [0, 0.1) is 5.82 Å². The first kappa shape index (κ1) is 19.8. The summed E-state index contributed by atoms with van der Waals surface area (Å²) >= 11 is 0. The molecule has 0 saturated carbocycles. The van der Waals surface area contributed by atoms with E-state index in [2.05, 4.69) is 15.4 Å². The molecular formula is C23H24FN5O. The molecule has 2 heterocycles. The molecule has 3 N–H and O–H groups in total. The third-order valence-electron chi connectivity index (χ3n) is 4.70. The fraction of sp³-hybridized carbons (Fsp3) is 0.217. The zero-order valence-corrected chi connectivity index (χ0v) is 16.9. The normalized spacial score (nSPS) is 13.2. The van der Waals surface area contributed by atoms with Gasteiger partial charge in [-0.15, -0.1) is 5.10 Å². The summed E-state index contributed by atoms with van der Waals surface area (Å²) in [5, 5.41) is 7.89. The maximum absolute atomic E-state index is 13.5. The monoisotopic (exact) mass is 405 g/mol. The smallest absolute Gasteiger partial charge is 0.154 e. The molecule has 0 amide bonds. The van der Waals surface area contributed by atoms with Gasteiger partial charge in [0.25, 0.3) is 0 Å². The van der Waals surface area contributed by atoms with Gasteiger partial charge in [-0.2, -0.15) is 0 Å². The van der Waals surface area contributed by atoms with Crippen molar-refractivity contribution in [3.8, 4) is 17.0 Å². The van der Waals surface area contributed by atoms with Gasteiger partial charge in [-0.05, 0) is 67.9 Å². The Morgan fingerprint density at radius 2 is 1.90 bits per heavy atom. The van der Waals surface area contributed by atoms with Gasteiger partial charge in [0, 0.05) is 11.6 Å². The second-order valence-electron chi connectivity index (χ2n) is 7.38. The van der Waals surface area contributed by atoms with Crippen LogP contribution in [0.4, 0.5) is 10.2 Å². The Hall–Kier alpha value is -3.45. The molecule has 0 bridgehead atoms. The minimum Gasteiger partial charge on any atom is -0.492 e. The first-order valence-corrected chi connectivity index (χ1v) is 9.85. The van der Waals surface area contributed by atoms with E-state index in [0.717, 1.165) is 28.2 Å². The molecule has 2 atom stereocenters. The lowest BCUT2D eigenvalue weighted by Gasteiger charge is -2.14. The Kier molecular flexibility index (Phi) is 5.63. The molecule has 2 aromatic heterocycles. The molecule has 0 spiro atoms. The zero-order chi connectivity index (χ0) is 21.1. The number of nitrogens with zero attached hydrogens (tertiary/aromatic N) is 3. The minimum atomic E-state index is -0.252. The first-order chi connectivity index (χ1) is 14.5. The van der Waals surface area contributed by atoms with E-state index in [1.54, 1.807) is 10.6 Å². The van der Waals surface area contributed by atoms with Gasteiger partial charge in [-0.25, -0.2) is 13.9 Å². The van der Waals surface area contributed by atoms with Crippen molar-refractivity contribution in [2.75, 3.05) is 11.9 Å². The molecular weight excluding hydrogens is 381 g/mol. The summed E-state index contributed by atoms with van der Waals surface area (Å²) in [6, 6.07) is 17.9. The predicted molar refractivity (Wildman–Crippen MR) is 116 cm³/mol. The van der Waals surface area contributed by atoms with Crippen LogP contribution in [0.1, 0.15) is 25.5 Å². The molecule has 4 rings (SSSR count). The van der Waals surface area contributed by atoms with Crippen molar-refractivity contribution in [1.82, 2.24) is 14.6 Å². The number of rotatable bonds is 7. The van der Waals surface area contributed by atoms with Crippen molar-refractivity contribution in [1.29, 1.82) is 0 Å². The third-order valence-corrected chi connectivity index (χ3v) is 4.70. The number of halogens is 1. The van der Waals surface area contributed by atoms with E-state index in [-0.39, 0.29) is 17.9 Å². The van der Waals surface area contributed by atoms with Crippen LogP contribution in [0.25, 0.3) is 16.9 Å². The van der Waals surface area contributed by atoms with E-state index in [0.29, 0.717) is 12.4 Å². The second-order valence-corrected chi connectivity index (χ2v) is 7.38. The topological polar surface area (TPSA) is 77.5 Å². The van der Waals surface area contributed by atoms with Crippen LogP contribution < -0.4 is 15.8 Å². The molecule has 30 heavy (non-hydrogen) atoms. The van der Waals surface area contributed by atoms with E-state index in [1.165, 1.54) is 12.1 Å². The highest BCUT2D eigenvalue weighted by Crippen LogP contribution is 2.23. The maximum Gasteiger partial charge on any atom is 0.154 e. The van der Waals surface area contributed by atoms with E-state index in [9.17, 15) is 4.39 Å². The highest BCUT2D eigenvalue weighted by molar-refractivity contribution is 5.63. The standard InChI is InChI=1S/C23H24FN5O/c1-15(25)14-30-20-8-6-17(7-9-20)21-13-29-23(27-21)11-10-22(28-29)26-16(2)18-4-3-5-19(24)12-18/h3-13,15-16H,14,25H2,1-2H3,(H,26,28)/t15-,16-/m1/s1. The Bertz CT molecular complexity index is 1140. The van der Waals surface area contributed by atoms with E-state index in [1.807, 2.05) is 62.5 Å². The molecule has 0 aliphatic rings. The Morgan fingerprint density at radius 3 is 2.63 bits per heavy atom. The molecule has 154 valence electrons. The summed E-state index contributed by atoms with van der Waals surface area (Å²) in [5.74, 6) is 1.20. The van der Waals surface area contributed by atoms with Crippen molar-refractivity contribution < 1.29 is 9.13 Å². The predicted octanol–water partition coefficient (Wildman–Crippen LogP) is 4.43. The maximum atomic E-state index is 13.5. The number of ether oxygens (including phenoxy) is 1. The second kappa shape index (κ2) is 8.51. The molecule has 0 saturated heterocycles. The molecule has 4 aromatic rings. The quantitative estimate of drug-likeness (QED) is 0.475. The van der Waals surface area contributed by atoms with E-state index in [4.69, 9.17) is 10.5 Å². The minimum absolute atomic E-state index is 0.0133. The van der Waals surface area contributed by atoms with Crippen LogP contribution >= 0.6 is 0 Å². The first-order valence-electron chi connectivity index (χ1n) is 9.85. The largest absolute Gasteiger partial charge is 0.492 e. The van der Waals surface area contributed by atoms with Crippen molar-refractivity contribution in [3.63, 3.8) is 0 Å². The van der Waals surface area contributed by atoms with Crippen LogP contribution in [0.2, 0.25) is 0 Å². The lowest BCUT2D eigenvalue weighted by Crippen LogP contribution is -2.23. The molecule has 7 heteroatoms. The third kappa shape index (κ3) is 4.58. The molecule has 0 unspecified atom stereocenters. The highest BCUT2D eigenvalue weighted by Gasteiger charge is 2.10. The van der Waals surface area contributed by atoms with Crippen molar-refractivity contribution in [2.45, 2.75) is 25.9 Å². The summed E-state index contributed by atoms with van der Waals surface area (Å²) in [5.41, 5.74) is 9.10.